The van der Waals surface area contributed by atoms with E-state index in [-0.39, 0.29) is 27.8 Å². The maximum Gasteiger partial charge on any atom is 0.522 e. The number of hydrogen-bond donors (Lipinski definition) is 1. The van der Waals surface area contributed by atoms with E-state index in [1.165, 1.54) is 5.56 Å². The van der Waals surface area contributed by atoms with Gasteiger partial charge in [0, 0.05) is 44.0 Å². The van der Waals surface area contributed by atoms with Crippen molar-refractivity contribution < 1.29 is 57.8 Å². The number of alkyl halides is 3. The number of ether oxygens (including phenoxy) is 1. The van der Waals surface area contributed by atoms with E-state index in [0.717, 1.165) is 55.3 Å². The Balaban J connectivity index is 0.000000627. The predicted octanol–water partition coefficient (Wildman–Crippen LogP) is 9.02. The van der Waals surface area contributed by atoms with Crippen LogP contribution in [0.2, 0.25) is 0 Å². The first kappa shape index (κ1) is 41.5. The number of halogens is 3. The van der Waals surface area contributed by atoms with E-state index in [2.05, 4.69) is 75.4 Å². The largest absolute Gasteiger partial charge is 0.540 e. The average molecular weight is 939 g/mol. The molecule has 0 unspecified atom stereocenters. The van der Waals surface area contributed by atoms with E-state index in [1.807, 2.05) is 91.0 Å². The van der Waals surface area contributed by atoms with E-state index >= 15 is 0 Å². The molecule has 0 amide bonds. The van der Waals surface area contributed by atoms with Crippen molar-refractivity contribution in [2.24, 2.45) is 0 Å². The van der Waals surface area contributed by atoms with Crippen LogP contribution >= 0.6 is 7.14 Å². The van der Waals surface area contributed by atoms with Crippen LogP contribution in [0.25, 0.3) is 33.6 Å². The molecule has 0 saturated carbocycles. The van der Waals surface area contributed by atoms with Gasteiger partial charge >= 0.3 is 15.6 Å². The molecule has 1 heterocycles. The molecular weight excluding hydrogens is 903 g/mol. The normalized spacial score (nSPS) is 11.8. The van der Waals surface area contributed by atoms with Gasteiger partial charge in [-0.2, -0.15) is 21.6 Å². The molecule has 5 aromatic carbocycles. The Bertz CT molecular complexity index is 2240. The van der Waals surface area contributed by atoms with Crippen LogP contribution in [-0.2, 0) is 42.5 Å². The Hall–Kier alpha value is -4.28. The maximum atomic E-state index is 14.9. The zero-order chi connectivity index (χ0) is 37.7. The van der Waals surface area contributed by atoms with E-state index in [9.17, 15) is 17.7 Å². The summed E-state index contributed by atoms with van der Waals surface area (Å²) in [6, 6.07) is 50.6. The first-order valence-corrected chi connectivity index (χ1v) is 19.1. The van der Waals surface area contributed by atoms with E-state index in [4.69, 9.17) is 22.7 Å². The minimum absolute atomic E-state index is 0. The zero-order valence-corrected chi connectivity index (χ0v) is 32.9. The van der Waals surface area contributed by atoms with Gasteiger partial charge in [0.15, 0.2) is 7.14 Å². The van der Waals surface area contributed by atoms with E-state index in [0.29, 0.717) is 0 Å². The fourth-order valence-corrected chi connectivity index (χ4v) is 7.95. The molecule has 0 atom stereocenters. The van der Waals surface area contributed by atoms with Crippen LogP contribution in [0.4, 0.5) is 13.2 Å². The Morgan fingerprint density at radius 1 is 0.679 bits per heavy atom. The summed E-state index contributed by atoms with van der Waals surface area (Å²) in [6.45, 7) is 6.60. The number of pyridine rings is 1. The molecular formula is C41H35AuF3NO5PS-2. The van der Waals surface area contributed by atoms with Crippen LogP contribution in [0.3, 0.4) is 0 Å². The molecule has 6 rings (SSSR count). The molecule has 1 N–H and O–H groups in total. The number of rotatable bonds is 7. The van der Waals surface area contributed by atoms with Crippen LogP contribution in [0, 0.1) is 12.1 Å². The van der Waals surface area contributed by atoms with Gasteiger partial charge < -0.3 is 14.3 Å². The van der Waals surface area contributed by atoms with Crippen LogP contribution < -0.4 is 20.7 Å². The fourth-order valence-electron chi connectivity index (χ4n) is 5.31. The van der Waals surface area contributed by atoms with Crippen molar-refractivity contribution in [3.63, 3.8) is 0 Å². The van der Waals surface area contributed by atoms with Crippen molar-refractivity contribution in [2.45, 2.75) is 31.7 Å². The first-order chi connectivity index (χ1) is 24.5. The van der Waals surface area contributed by atoms with Crippen LogP contribution in [0.15, 0.2) is 133 Å². The third-order valence-electron chi connectivity index (χ3n) is 8.17. The summed E-state index contributed by atoms with van der Waals surface area (Å²) in [5.74, 6) is 0.744. The summed E-state index contributed by atoms with van der Waals surface area (Å²) < 4.78 is 77.8. The van der Waals surface area contributed by atoms with Gasteiger partial charge in [-0.05, 0) is 27.9 Å². The molecule has 0 bridgehead atoms. The van der Waals surface area contributed by atoms with Gasteiger partial charge in [-0.3, -0.25) is 4.55 Å². The zero-order valence-electron chi connectivity index (χ0n) is 29.0. The van der Waals surface area contributed by atoms with Crippen LogP contribution in [0.5, 0.6) is 5.75 Å². The molecule has 0 aliphatic heterocycles. The van der Waals surface area contributed by atoms with Gasteiger partial charge in [0.1, 0.15) is 0 Å². The summed E-state index contributed by atoms with van der Waals surface area (Å²) in [5.41, 5.74) is 1.15. The third kappa shape index (κ3) is 9.83. The second-order valence-electron chi connectivity index (χ2n) is 12.8. The molecule has 12 heteroatoms. The predicted molar refractivity (Wildman–Crippen MR) is 200 cm³/mol. The maximum absolute atomic E-state index is 14.9. The SMILES string of the molecule is COc1c[c-]c(-c2cc(-c3ccc(P(=O)(c4ccccc4)c4ccccc4)cc3)cc(-c3[c-]cc(C(C)(C)C)cc3)n2)cc1.O=S(=O)(O)C(F)(F)F.[Au]. The second-order valence-corrected chi connectivity index (χ2v) is 16.9. The molecule has 1 radical (unpaired) electrons. The minimum atomic E-state index is -5.84. The molecule has 0 saturated heterocycles. The quantitative estimate of drug-likeness (QED) is 0.0565. The Morgan fingerprint density at radius 3 is 1.51 bits per heavy atom. The number of aromatic nitrogens is 1. The number of benzene rings is 5. The summed E-state index contributed by atoms with van der Waals surface area (Å²) in [4.78, 5) is 5.04. The molecule has 0 aliphatic carbocycles. The number of nitrogens with zero attached hydrogens (tertiary/aromatic N) is 1. The monoisotopic (exact) mass is 938 g/mol. The van der Waals surface area contributed by atoms with Crippen LogP contribution in [0.1, 0.15) is 26.3 Å². The average Bonchev–Trinajstić information content (AvgIpc) is 3.14. The van der Waals surface area contributed by atoms with Gasteiger partial charge in [0.05, 0.1) is 7.11 Å². The van der Waals surface area contributed by atoms with Crippen molar-refractivity contribution >= 4 is 33.2 Å². The third-order valence-corrected chi connectivity index (χ3v) is 11.8. The van der Waals surface area contributed by atoms with Crippen molar-refractivity contribution in [2.75, 3.05) is 7.11 Å². The molecule has 1 aromatic heterocycles. The molecule has 0 fully saturated rings. The van der Waals surface area contributed by atoms with Gasteiger partial charge in [-0.1, -0.05) is 118 Å². The summed E-state index contributed by atoms with van der Waals surface area (Å²) >= 11 is 0. The summed E-state index contributed by atoms with van der Waals surface area (Å²) in [5, 5.41) is 2.43. The molecule has 6 nitrogen and oxygen atoms in total. The molecule has 279 valence electrons. The van der Waals surface area contributed by atoms with Gasteiger partial charge in [0.25, 0.3) is 0 Å². The summed E-state index contributed by atoms with van der Waals surface area (Å²) in [6.07, 6.45) is 0. The first-order valence-electron chi connectivity index (χ1n) is 16.0. The summed E-state index contributed by atoms with van der Waals surface area (Å²) in [7, 11) is -7.26. The van der Waals surface area contributed by atoms with Crippen molar-refractivity contribution in [3.8, 4) is 39.4 Å². The van der Waals surface area contributed by atoms with Gasteiger partial charge in [-0.15, -0.1) is 65.2 Å². The number of hydrogen-bond acceptors (Lipinski definition) is 5. The molecule has 0 aliphatic rings. The minimum Gasteiger partial charge on any atom is -0.540 e. The molecule has 53 heavy (non-hydrogen) atoms. The molecule has 6 aromatic rings. The second kappa shape index (κ2) is 16.8. The van der Waals surface area contributed by atoms with Gasteiger partial charge in [-0.25, -0.2) is 0 Å². The standard InChI is InChI=1S/C40H34NO2P.CHF3O3S.Au/c1-40(2,3)33-21-15-30(16-22-33)38-27-32(28-39(41-38)31-17-23-34(43-4)24-18-31)29-19-25-37(26-20-29)44(42,35-11-7-5-8-12-35)36-13-9-6-10-14-36;2-1(3,4)8(5,6)7;/h5-15,17,19-28H,1-4H3;(H,5,6,7);/q-2;;. The fraction of sp³-hybridized carbons (Fsp3) is 0.146. The topological polar surface area (TPSA) is 93.6 Å². The Labute approximate surface area is 323 Å². The Kier molecular flexibility index (Phi) is 13.2. The molecule has 0 spiro atoms. The van der Waals surface area contributed by atoms with E-state index in [1.54, 1.807) is 7.11 Å². The number of methoxy groups -OCH3 is 1. The van der Waals surface area contributed by atoms with Crippen molar-refractivity contribution in [3.05, 3.63) is 151 Å². The Morgan fingerprint density at radius 2 is 1.13 bits per heavy atom. The smallest absolute Gasteiger partial charge is 0.522 e. The van der Waals surface area contributed by atoms with Crippen LogP contribution in [-0.4, -0.2) is 30.6 Å². The van der Waals surface area contributed by atoms with Crippen molar-refractivity contribution in [1.82, 2.24) is 4.98 Å². The van der Waals surface area contributed by atoms with Crippen molar-refractivity contribution in [1.29, 1.82) is 0 Å². The van der Waals surface area contributed by atoms with Gasteiger partial charge in [0.2, 0.25) is 0 Å². The van der Waals surface area contributed by atoms with E-state index < -0.39 is 22.8 Å².